The molecule has 0 saturated heterocycles. The highest BCUT2D eigenvalue weighted by atomic mass is 16.2. The van der Waals surface area contributed by atoms with Gasteiger partial charge in [-0.15, -0.1) is 5.10 Å². The SMILES string of the molecule is CC(C)c1nc2ccc(NC(=O)NCCCn3nnc4ccccc43)cc2[nH]1. The number of carbonyl (C=O) groups excluding carboxylic acids is 1. The lowest BCUT2D eigenvalue weighted by molar-refractivity contribution is 0.251. The Morgan fingerprint density at radius 3 is 2.89 bits per heavy atom. The number of aryl methyl sites for hydroxylation is 1. The van der Waals surface area contributed by atoms with Gasteiger partial charge < -0.3 is 15.6 Å². The molecule has 0 unspecified atom stereocenters. The molecule has 2 heterocycles. The summed E-state index contributed by atoms with van der Waals surface area (Å²) in [5.41, 5.74) is 4.42. The van der Waals surface area contributed by atoms with Crippen molar-refractivity contribution in [3.63, 3.8) is 0 Å². The van der Waals surface area contributed by atoms with Crippen LogP contribution >= 0.6 is 0 Å². The number of rotatable bonds is 6. The maximum absolute atomic E-state index is 12.2. The topological polar surface area (TPSA) is 101 Å². The largest absolute Gasteiger partial charge is 0.342 e. The predicted molar refractivity (Wildman–Crippen MR) is 109 cm³/mol. The fourth-order valence-corrected chi connectivity index (χ4v) is 3.07. The molecule has 4 rings (SSSR count). The van der Waals surface area contributed by atoms with Gasteiger partial charge in [-0.25, -0.2) is 14.5 Å². The van der Waals surface area contributed by atoms with Crippen LogP contribution in [-0.2, 0) is 6.54 Å². The summed E-state index contributed by atoms with van der Waals surface area (Å²) in [6.07, 6.45) is 0.762. The maximum Gasteiger partial charge on any atom is 0.319 e. The third-order valence-electron chi connectivity index (χ3n) is 4.56. The van der Waals surface area contributed by atoms with E-state index >= 15 is 0 Å². The second kappa shape index (κ2) is 7.67. The lowest BCUT2D eigenvalue weighted by atomic mass is 10.2. The molecule has 0 saturated carbocycles. The highest BCUT2D eigenvalue weighted by Crippen LogP contribution is 2.20. The molecule has 144 valence electrons. The molecular formula is C20H23N7O. The molecule has 0 aliphatic heterocycles. The molecule has 0 radical (unpaired) electrons. The summed E-state index contributed by atoms with van der Waals surface area (Å²) in [4.78, 5) is 20.0. The van der Waals surface area contributed by atoms with E-state index in [2.05, 4.69) is 44.8 Å². The second-order valence-corrected chi connectivity index (χ2v) is 7.04. The van der Waals surface area contributed by atoms with Crippen molar-refractivity contribution in [1.29, 1.82) is 0 Å². The zero-order valence-corrected chi connectivity index (χ0v) is 15.9. The number of aromatic nitrogens is 5. The Hall–Kier alpha value is -3.42. The standard InChI is InChI=1S/C20H23N7O/c1-13(2)19-23-15-9-8-14(12-17(15)24-19)22-20(28)21-10-5-11-27-18-7-4-3-6-16(18)25-26-27/h3-4,6-9,12-13H,5,10-11H2,1-2H3,(H,23,24)(H2,21,22,28). The number of amides is 2. The molecule has 0 aliphatic carbocycles. The van der Waals surface area contributed by atoms with E-state index in [9.17, 15) is 4.79 Å². The van der Waals surface area contributed by atoms with Crippen LogP contribution < -0.4 is 10.6 Å². The van der Waals surface area contributed by atoms with Crippen molar-refractivity contribution < 1.29 is 4.79 Å². The number of aromatic amines is 1. The fraction of sp³-hybridized carbons (Fsp3) is 0.300. The van der Waals surface area contributed by atoms with Crippen LogP contribution in [0.2, 0.25) is 0 Å². The van der Waals surface area contributed by atoms with E-state index in [0.717, 1.165) is 40.0 Å². The van der Waals surface area contributed by atoms with Gasteiger partial charge in [0.15, 0.2) is 0 Å². The minimum Gasteiger partial charge on any atom is -0.342 e. The second-order valence-electron chi connectivity index (χ2n) is 7.04. The van der Waals surface area contributed by atoms with Crippen LogP contribution in [0, 0.1) is 0 Å². The Balaban J connectivity index is 1.29. The number of benzene rings is 2. The van der Waals surface area contributed by atoms with Gasteiger partial charge in [-0.2, -0.15) is 0 Å². The van der Waals surface area contributed by atoms with Crippen molar-refractivity contribution in [1.82, 2.24) is 30.3 Å². The maximum atomic E-state index is 12.2. The van der Waals surface area contributed by atoms with Crippen LogP contribution in [0.5, 0.6) is 0 Å². The first-order chi connectivity index (χ1) is 13.6. The van der Waals surface area contributed by atoms with Crippen molar-refractivity contribution in [3.8, 4) is 0 Å². The van der Waals surface area contributed by atoms with Crippen LogP contribution in [0.25, 0.3) is 22.1 Å². The average Bonchev–Trinajstić information content (AvgIpc) is 3.29. The first kappa shape index (κ1) is 18.0. The number of nitrogens with one attached hydrogen (secondary N) is 3. The Morgan fingerprint density at radius 2 is 2.04 bits per heavy atom. The van der Waals surface area contributed by atoms with Crippen molar-refractivity contribution in [2.24, 2.45) is 0 Å². The lowest BCUT2D eigenvalue weighted by Gasteiger charge is -2.08. The molecule has 28 heavy (non-hydrogen) atoms. The summed E-state index contributed by atoms with van der Waals surface area (Å²) in [5, 5.41) is 14.0. The lowest BCUT2D eigenvalue weighted by Crippen LogP contribution is -2.30. The Morgan fingerprint density at radius 1 is 1.18 bits per heavy atom. The van der Waals surface area contributed by atoms with Crippen LogP contribution in [-0.4, -0.2) is 37.5 Å². The molecule has 2 amide bonds. The third kappa shape index (κ3) is 3.80. The summed E-state index contributed by atoms with van der Waals surface area (Å²) in [6, 6.07) is 13.3. The van der Waals surface area contributed by atoms with Crippen LogP contribution in [0.1, 0.15) is 32.0 Å². The number of imidazole rings is 1. The molecule has 0 bridgehead atoms. The Labute approximate surface area is 162 Å². The summed E-state index contributed by atoms with van der Waals surface area (Å²) in [5.74, 6) is 1.27. The van der Waals surface area contributed by atoms with Crippen molar-refractivity contribution in [2.75, 3.05) is 11.9 Å². The van der Waals surface area contributed by atoms with E-state index in [0.29, 0.717) is 19.0 Å². The Bertz CT molecular complexity index is 1110. The fourth-order valence-electron chi connectivity index (χ4n) is 3.07. The van der Waals surface area contributed by atoms with Gasteiger partial charge in [0.25, 0.3) is 0 Å². The molecule has 3 N–H and O–H groups in total. The van der Waals surface area contributed by atoms with Crippen molar-refractivity contribution in [3.05, 3.63) is 48.3 Å². The van der Waals surface area contributed by atoms with Crippen LogP contribution in [0.3, 0.4) is 0 Å². The van der Waals surface area contributed by atoms with Gasteiger partial charge in [0.1, 0.15) is 11.3 Å². The van der Waals surface area contributed by atoms with E-state index in [-0.39, 0.29) is 6.03 Å². The number of H-pyrrole nitrogens is 1. The number of carbonyl (C=O) groups is 1. The summed E-state index contributed by atoms with van der Waals surface area (Å²) in [7, 11) is 0. The van der Waals surface area contributed by atoms with Crippen molar-refractivity contribution in [2.45, 2.75) is 32.7 Å². The molecule has 0 spiro atoms. The van der Waals surface area contributed by atoms with Gasteiger partial charge in [0.2, 0.25) is 0 Å². The Kier molecular flexibility index (Phi) is 4.92. The monoisotopic (exact) mass is 377 g/mol. The summed E-state index contributed by atoms with van der Waals surface area (Å²) >= 11 is 0. The number of urea groups is 1. The highest BCUT2D eigenvalue weighted by molar-refractivity contribution is 5.91. The quantitative estimate of drug-likeness (QED) is 0.447. The smallest absolute Gasteiger partial charge is 0.319 e. The summed E-state index contributed by atoms with van der Waals surface area (Å²) in [6.45, 7) is 5.42. The number of para-hydroxylation sites is 1. The number of fused-ring (bicyclic) bond motifs is 2. The zero-order chi connectivity index (χ0) is 19.5. The first-order valence-electron chi connectivity index (χ1n) is 9.43. The number of nitrogens with zero attached hydrogens (tertiary/aromatic N) is 4. The molecule has 0 fully saturated rings. The predicted octanol–water partition coefficient (Wildman–Crippen LogP) is 3.64. The van der Waals surface area contributed by atoms with E-state index in [1.807, 2.05) is 47.1 Å². The molecule has 0 atom stereocenters. The van der Waals surface area contributed by atoms with Gasteiger partial charge in [-0.05, 0) is 36.8 Å². The normalized spacial score (nSPS) is 11.4. The number of hydrogen-bond donors (Lipinski definition) is 3. The molecule has 8 heteroatoms. The van der Waals surface area contributed by atoms with Gasteiger partial charge in [0.05, 0.1) is 16.6 Å². The minimum absolute atomic E-state index is 0.230. The van der Waals surface area contributed by atoms with Gasteiger partial charge in [0, 0.05) is 24.7 Å². The van der Waals surface area contributed by atoms with Crippen molar-refractivity contribution >= 4 is 33.8 Å². The van der Waals surface area contributed by atoms with E-state index < -0.39 is 0 Å². The highest BCUT2D eigenvalue weighted by Gasteiger charge is 2.08. The minimum atomic E-state index is -0.230. The molecule has 2 aromatic carbocycles. The third-order valence-corrected chi connectivity index (χ3v) is 4.56. The van der Waals surface area contributed by atoms with E-state index in [4.69, 9.17) is 0 Å². The molecular weight excluding hydrogens is 354 g/mol. The van der Waals surface area contributed by atoms with E-state index in [1.54, 1.807) is 0 Å². The molecule has 2 aromatic heterocycles. The van der Waals surface area contributed by atoms with Gasteiger partial charge in [-0.3, -0.25) is 0 Å². The molecule has 4 aromatic rings. The van der Waals surface area contributed by atoms with Gasteiger partial charge >= 0.3 is 6.03 Å². The molecule has 8 nitrogen and oxygen atoms in total. The average molecular weight is 377 g/mol. The zero-order valence-electron chi connectivity index (χ0n) is 15.9. The molecule has 0 aliphatic rings. The summed E-state index contributed by atoms with van der Waals surface area (Å²) < 4.78 is 1.85. The van der Waals surface area contributed by atoms with Gasteiger partial charge in [-0.1, -0.05) is 31.2 Å². The van der Waals surface area contributed by atoms with Crippen LogP contribution in [0.4, 0.5) is 10.5 Å². The number of hydrogen-bond acceptors (Lipinski definition) is 4. The van der Waals surface area contributed by atoms with E-state index in [1.165, 1.54) is 0 Å². The van der Waals surface area contributed by atoms with Crippen LogP contribution in [0.15, 0.2) is 42.5 Å². The number of anilines is 1. The first-order valence-corrected chi connectivity index (χ1v) is 9.43.